The zero-order chi connectivity index (χ0) is 23.3. The molecule has 2 aromatic rings. The average molecular weight is 468 g/mol. The molecule has 0 saturated carbocycles. The zero-order valence-electron chi connectivity index (χ0n) is 19.0. The maximum Gasteiger partial charge on any atom is 0.322 e. The van der Waals surface area contributed by atoms with Gasteiger partial charge < -0.3 is 34.1 Å². The lowest BCUT2D eigenvalue weighted by molar-refractivity contribution is -0.0315. The topological polar surface area (TPSA) is 89.6 Å². The van der Waals surface area contributed by atoms with Gasteiger partial charge in [-0.15, -0.1) is 0 Å². The van der Waals surface area contributed by atoms with Crippen molar-refractivity contribution in [3.05, 3.63) is 54.1 Å². The molecular weight excluding hydrogens is 438 g/mol. The largest absolute Gasteiger partial charge is 0.454 e. The van der Waals surface area contributed by atoms with Crippen molar-refractivity contribution in [3.8, 4) is 11.5 Å². The number of hydrogen-bond acceptors (Lipinski definition) is 6. The van der Waals surface area contributed by atoms with Gasteiger partial charge in [-0.25, -0.2) is 4.79 Å². The van der Waals surface area contributed by atoms with E-state index in [9.17, 15) is 9.59 Å². The zero-order valence-corrected chi connectivity index (χ0v) is 19.0. The van der Waals surface area contributed by atoms with Crippen LogP contribution in [0.2, 0.25) is 0 Å². The molecule has 2 saturated heterocycles. The van der Waals surface area contributed by atoms with Crippen molar-refractivity contribution >= 4 is 17.6 Å². The fraction of sp³-hybridized carbons (Fsp3) is 0.440. The molecule has 0 bridgehead atoms. The van der Waals surface area contributed by atoms with E-state index in [-0.39, 0.29) is 30.9 Å². The highest BCUT2D eigenvalue weighted by molar-refractivity contribution is 5.95. The van der Waals surface area contributed by atoms with Crippen LogP contribution in [0.1, 0.15) is 23.2 Å². The molecule has 0 unspecified atom stereocenters. The number of urea groups is 1. The predicted molar refractivity (Wildman–Crippen MR) is 124 cm³/mol. The van der Waals surface area contributed by atoms with Crippen LogP contribution in [0.5, 0.6) is 11.5 Å². The summed E-state index contributed by atoms with van der Waals surface area (Å²) in [5.41, 5.74) is 1.27. The van der Waals surface area contributed by atoms with E-state index in [1.165, 1.54) is 0 Å². The third-order valence-corrected chi connectivity index (χ3v) is 6.23. The molecule has 3 heterocycles. The average Bonchev–Trinajstić information content (AvgIpc) is 3.55. The number of para-hydroxylation sites is 1. The number of morpholine rings is 1. The Hall–Kier alpha value is -3.30. The van der Waals surface area contributed by atoms with E-state index in [0.717, 1.165) is 18.5 Å². The summed E-state index contributed by atoms with van der Waals surface area (Å²) < 4.78 is 22.6. The molecule has 0 aromatic heterocycles. The monoisotopic (exact) mass is 467 g/mol. The van der Waals surface area contributed by atoms with Crippen LogP contribution in [0.3, 0.4) is 0 Å². The maximum absolute atomic E-state index is 13.5. The predicted octanol–water partition coefficient (Wildman–Crippen LogP) is 2.97. The highest BCUT2D eigenvalue weighted by Crippen LogP contribution is 2.33. The van der Waals surface area contributed by atoms with Crippen molar-refractivity contribution in [1.82, 2.24) is 9.80 Å². The number of nitrogens with one attached hydrogen (secondary N) is 1. The van der Waals surface area contributed by atoms with Gasteiger partial charge in [0.1, 0.15) is 0 Å². The van der Waals surface area contributed by atoms with Gasteiger partial charge in [0.05, 0.1) is 25.4 Å². The summed E-state index contributed by atoms with van der Waals surface area (Å²) in [5, 5.41) is 2.92. The lowest BCUT2D eigenvalue weighted by Gasteiger charge is -2.36. The Labute approximate surface area is 198 Å². The highest BCUT2D eigenvalue weighted by atomic mass is 16.7. The number of carbonyl (C=O) groups excluding carboxylic acids is 2. The second-order valence-electron chi connectivity index (χ2n) is 8.65. The molecule has 3 aliphatic heterocycles. The summed E-state index contributed by atoms with van der Waals surface area (Å²) in [6.45, 7) is 3.02. The summed E-state index contributed by atoms with van der Waals surface area (Å²) >= 11 is 0. The lowest BCUT2D eigenvalue weighted by atomic mass is 10.1. The summed E-state index contributed by atoms with van der Waals surface area (Å²) in [4.78, 5) is 29.8. The van der Waals surface area contributed by atoms with Crippen molar-refractivity contribution in [2.24, 2.45) is 0 Å². The smallest absolute Gasteiger partial charge is 0.322 e. The molecule has 1 N–H and O–H groups in total. The quantitative estimate of drug-likeness (QED) is 0.703. The molecule has 3 aliphatic rings. The summed E-state index contributed by atoms with van der Waals surface area (Å²) in [7, 11) is 0. The molecule has 0 spiro atoms. The van der Waals surface area contributed by atoms with E-state index >= 15 is 0 Å². The van der Waals surface area contributed by atoms with Gasteiger partial charge in [-0.2, -0.15) is 0 Å². The Balaban J connectivity index is 1.26. The SMILES string of the molecule is O=C(Nc1ccccc1)N1CCO[C@H](CN(C[C@@H]2CCCO2)C(=O)c2ccc3c(c2)OCO3)C1. The third kappa shape index (κ3) is 5.26. The summed E-state index contributed by atoms with van der Waals surface area (Å²) in [6, 6.07) is 14.4. The number of rotatable bonds is 6. The number of nitrogens with zero attached hydrogens (tertiary/aromatic N) is 2. The van der Waals surface area contributed by atoms with Crippen molar-refractivity contribution in [1.29, 1.82) is 0 Å². The number of hydrogen-bond donors (Lipinski definition) is 1. The van der Waals surface area contributed by atoms with E-state index in [4.69, 9.17) is 18.9 Å². The Morgan fingerprint density at radius 2 is 1.76 bits per heavy atom. The van der Waals surface area contributed by atoms with Crippen LogP contribution in [-0.4, -0.2) is 80.1 Å². The van der Waals surface area contributed by atoms with E-state index in [0.29, 0.717) is 56.5 Å². The normalized spacial score (nSPS) is 21.4. The minimum atomic E-state index is -0.297. The molecular formula is C25H29N3O6. The highest BCUT2D eigenvalue weighted by Gasteiger charge is 2.31. The third-order valence-electron chi connectivity index (χ3n) is 6.23. The number of anilines is 1. The van der Waals surface area contributed by atoms with Crippen LogP contribution in [-0.2, 0) is 9.47 Å². The summed E-state index contributed by atoms with van der Waals surface area (Å²) in [5.74, 6) is 1.08. The van der Waals surface area contributed by atoms with Crippen LogP contribution < -0.4 is 14.8 Å². The number of benzene rings is 2. The fourth-order valence-corrected chi connectivity index (χ4v) is 4.47. The molecule has 9 heteroatoms. The molecule has 180 valence electrons. The Kier molecular flexibility index (Phi) is 6.82. The molecule has 0 radical (unpaired) electrons. The van der Waals surface area contributed by atoms with E-state index in [1.54, 1.807) is 28.0 Å². The van der Waals surface area contributed by atoms with Gasteiger partial charge in [0.25, 0.3) is 5.91 Å². The first-order valence-corrected chi connectivity index (χ1v) is 11.7. The second kappa shape index (κ2) is 10.3. The first-order valence-electron chi connectivity index (χ1n) is 11.7. The molecule has 0 aliphatic carbocycles. The lowest BCUT2D eigenvalue weighted by Crippen LogP contribution is -2.52. The standard InChI is InChI=1S/C25H29N3O6/c29-24(18-8-9-22-23(13-18)34-17-33-22)28(14-20-7-4-11-31-20)16-21-15-27(10-12-32-21)25(30)26-19-5-2-1-3-6-19/h1-3,5-6,8-9,13,20-21H,4,7,10-12,14-17H2,(H,26,30)/t20-,21-/m0/s1. The van der Waals surface area contributed by atoms with Crippen molar-refractivity contribution in [2.75, 3.05) is 51.5 Å². The van der Waals surface area contributed by atoms with Crippen molar-refractivity contribution in [3.63, 3.8) is 0 Å². The van der Waals surface area contributed by atoms with E-state index < -0.39 is 0 Å². The molecule has 2 atom stereocenters. The van der Waals surface area contributed by atoms with Crippen LogP contribution >= 0.6 is 0 Å². The molecule has 9 nitrogen and oxygen atoms in total. The van der Waals surface area contributed by atoms with Gasteiger partial charge in [-0.1, -0.05) is 18.2 Å². The van der Waals surface area contributed by atoms with Crippen molar-refractivity contribution < 1.29 is 28.5 Å². The number of carbonyl (C=O) groups is 2. The first kappa shape index (κ1) is 22.5. The van der Waals surface area contributed by atoms with Gasteiger partial charge in [0, 0.05) is 37.5 Å². The van der Waals surface area contributed by atoms with Crippen LogP contribution in [0.15, 0.2) is 48.5 Å². The van der Waals surface area contributed by atoms with E-state index in [2.05, 4.69) is 5.32 Å². The number of ether oxygens (including phenoxy) is 4. The minimum Gasteiger partial charge on any atom is -0.454 e. The van der Waals surface area contributed by atoms with Gasteiger partial charge in [-0.3, -0.25) is 4.79 Å². The number of amides is 3. The van der Waals surface area contributed by atoms with Gasteiger partial charge in [0.15, 0.2) is 11.5 Å². The maximum atomic E-state index is 13.5. The van der Waals surface area contributed by atoms with Crippen molar-refractivity contribution in [2.45, 2.75) is 25.0 Å². The van der Waals surface area contributed by atoms with Crippen LogP contribution in [0.4, 0.5) is 10.5 Å². The first-order chi connectivity index (χ1) is 16.7. The van der Waals surface area contributed by atoms with Gasteiger partial charge in [0.2, 0.25) is 6.79 Å². The van der Waals surface area contributed by atoms with Gasteiger partial charge >= 0.3 is 6.03 Å². The molecule has 3 amide bonds. The van der Waals surface area contributed by atoms with Crippen LogP contribution in [0, 0.1) is 0 Å². The molecule has 2 fully saturated rings. The Bertz CT molecular complexity index is 1010. The Morgan fingerprint density at radius 1 is 0.971 bits per heavy atom. The number of fused-ring (bicyclic) bond motifs is 1. The minimum absolute atomic E-state index is 0.000895. The molecule has 2 aromatic carbocycles. The summed E-state index contributed by atoms with van der Waals surface area (Å²) in [6.07, 6.45) is 1.61. The van der Waals surface area contributed by atoms with E-state index in [1.807, 2.05) is 30.3 Å². The molecule has 5 rings (SSSR count). The molecule has 34 heavy (non-hydrogen) atoms. The second-order valence-corrected chi connectivity index (χ2v) is 8.65. The Morgan fingerprint density at radius 3 is 2.59 bits per heavy atom. The van der Waals surface area contributed by atoms with Crippen LogP contribution in [0.25, 0.3) is 0 Å². The van der Waals surface area contributed by atoms with Gasteiger partial charge in [-0.05, 0) is 43.2 Å². The fourth-order valence-electron chi connectivity index (χ4n) is 4.47.